The van der Waals surface area contributed by atoms with E-state index < -0.39 is 0 Å². The summed E-state index contributed by atoms with van der Waals surface area (Å²) in [5.41, 5.74) is 6.78. The highest BCUT2D eigenvalue weighted by molar-refractivity contribution is 6.42. The molecule has 4 nitrogen and oxygen atoms in total. The summed E-state index contributed by atoms with van der Waals surface area (Å²) in [4.78, 5) is 4.25. The predicted molar refractivity (Wildman–Crippen MR) is 70.8 cm³/mol. The highest BCUT2D eigenvalue weighted by Crippen LogP contribution is 2.23. The maximum atomic E-state index is 5.94. The van der Waals surface area contributed by atoms with E-state index >= 15 is 0 Å². The van der Waals surface area contributed by atoms with Crippen molar-refractivity contribution < 1.29 is 4.52 Å². The monoisotopic (exact) mass is 285 g/mol. The van der Waals surface area contributed by atoms with E-state index in [0.717, 1.165) is 12.0 Å². The fraction of sp³-hybridized carbons (Fsp3) is 0.333. The molecule has 0 unspecified atom stereocenters. The zero-order valence-electron chi connectivity index (χ0n) is 9.86. The lowest BCUT2D eigenvalue weighted by Crippen LogP contribution is -2.08. The van der Waals surface area contributed by atoms with Gasteiger partial charge in [-0.3, -0.25) is 0 Å². The molecule has 1 aromatic carbocycles. The lowest BCUT2D eigenvalue weighted by atomic mass is 10.1. The third-order valence-corrected chi connectivity index (χ3v) is 3.33. The van der Waals surface area contributed by atoms with Gasteiger partial charge in [0.1, 0.15) is 0 Å². The van der Waals surface area contributed by atoms with Crippen molar-refractivity contribution in [3.63, 3.8) is 0 Å². The molecule has 0 aliphatic heterocycles. The van der Waals surface area contributed by atoms with E-state index in [1.54, 1.807) is 12.1 Å². The average Bonchev–Trinajstić information content (AvgIpc) is 2.81. The Hall–Kier alpha value is -1.10. The maximum absolute atomic E-state index is 5.94. The molecule has 2 aromatic rings. The molecule has 0 saturated carbocycles. The van der Waals surface area contributed by atoms with Crippen molar-refractivity contribution in [2.75, 3.05) is 0 Å². The highest BCUT2D eigenvalue weighted by atomic mass is 35.5. The van der Waals surface area contributed by atoms with Crippen LogP contribution in [0.15, 0.2) is 22.7 Å². The Kier molecular flexibility index (Phi) is 4.22. The Balaban J connectivity index is 2.13. The molecule has 0 bridgehead atoms. The number of rotatable bonds is 4. The topological polar surface area (TPSA) is 64.9 Å². The minimum absolute atomic E-state index is 0.208. The van der Waals surface area contributed by atoms with Crippen LogP contribution >= 0.6 is 23.2 Å². The molecule has 2 N–H and O–H groups in total. The molecule has 96 valence electrons. The van der Waals surface area contributed by atoms with Gasteiger partial charge in [0.05, 0.1) is 16.1 Å². The first-order chi connectivity index (χ1) is 8.60. The second-order valence-corrected chi connectivity index (χ2v) is 4.80. The number of hydrogen-bond donors (Lipinski definition) is 1. The van der Waals surface area contributed by atoms with Crippen molar-refractivity contribution in [2.45, 2.75) is 25.8 Å². The maximum Gasteiger partial charge on any atom is 0.243 e. The van der Waals surface area contributed by atoms with Gasteiger partial charge in [-0.25, -0.2) is 0 Å². The van der Waals surface area contributed by atoms with Crippen LogP contribution in [0.25, 0.3) is 0 Å². The van der Waals surface area contributed by atoms with Crippen molar-refractivity contribution in [3.05, 3.63) is 45.5 Å². The molecular formula is C12H13Cl2N3O. The van der Waals surface area contributed by atoms with Gasteiger partial charge in [0.15, 0.2) is 5.82 Å². The Labute approximate surface area is 115 Å². The molecule has 0 spiro atoms. The Bertz CT molecular complexity index is 542. The van der Waals surface area contributed by atoms with Crippen LogP contribution in [0.5, 0.6) is 0 Å². The van der Waals surface area contributed by atoms with Crippen LogP contribution < -0.4 is 5.73 Å². The molecule has 2 rings (SSSR count). The molecule has 1 heterocycles. The van der Waals surface area contributed by atoms with Crippen LogP contribution in [0.2, 0.25) is 10.0 Å². The fourth-order valence-corrected chi connectivity index (χ4v) is 1.82. The Morgan fingerprint density at radius 1 is 1.33 bits per heavy atom. The second-order valence-electron chi connectivity index (χ2n) is 3.99. The van der Waals surface area contributed by atoms with Crippen molar-refractivity contribution in [3.8, 4) is 0 Å². The van der Waals surface area contributed by atoms with Gasteiger partial charge in [0.2, 0.25) is 5.89 Å². The first kappa shape index (κ1) is 13.3. The highest BCUT2D eigenvalue weighted by Gasteiger charge is 2.13. The van der Waals surface area contributed by atoms with Gasteiger partial charge in [-0.15, -0.1) is 0 Å². The van der Waals surface area contributed by atoms with Crippen LogP contribution in [0.1, 0.15) is 36.7 Å². The van der Waals surface area contributed by atoms with Crippen LogP contribution in [0, 0.1) is 0 Å². The Morgan fingerprint density at radius 2 is 2.11 bits per heavy atom. The van der Waals surface area contributed by atoms with Crippen LogP contribution in [0.3, 0.4) is 0 Å². The molecule has 0 radical (unpaired) electrons. The molecule has 0 saturated heterocycles. The van der Waals surface area contributed by atoms with Crippen LogP contribution in [-0.4, -0.2) is 10.1 Å². The summed E-state index contributed by atoms with van der Waals surface area (Å²) < 4.78 is 5.10. The van der Waals surface area contributed by atoms with Crippen molar-refractivity contribution in [2.24, 2.45) is 5.73 Å². The van der Waals surface area contributed by atoms with Gasteiger partial charge in [-0.05, 0) is 24.1 Å². The van der Waals surface area contributed by atoms with Gasteiger partial charge in [-0.1, -0.05) is 41.3 Å². The Morgan fingerprint density at radius 3 is 2.78 bits per heavy atom. The summed E-state index contributed by atoms with van der Waals surface area (Å²) in [5.74, 6) is 1.06. The SMILES string of the molecule is CC[C@@H](N)c1nc(Cc2ccc(Cl)c(Cl)c2)no1. The fourth-order valence-electron chi connectivity index (χ4n) is 1.50. The first-order valence-corrected chi connectivity index (χ1v) is 6.37. The molecule has 0 aliphatic carbocycles. The summed E-state index contributed by atoms with van der Waals surface area (Å²) in [6.07, 6.45) is 1.30. The lowest BCUT2D eigenvalue weighted by molar-refractivity contribution is 0.348. The average molecular weight is 286 g/mol. The van der Waals surface area contributed by atoms with Crippen LogP contribution in [-0.2, 0) is 6.42 Å². The molecule has 6 heteroatoms. The number of hydrogen-bond acceptors (Lipinski definition) is 4. The number of nitrogens with two attached hydrogens (primary N) is 1. The molecule has 1 aromatic heterocycles. The predicted octanol–water partition coefficient (Wildman–Crippen LogP) is 3.38. The van der Waals surface area contributed by atoms with Gasteiger partial charge in [0.25, 0.3) is 0 Å². The van der Waals surface area contributed by atoms with Crippen LogP contribution in [0.4, 0.5) is 0 Å². The standard InChI is InChI=1S/C12H13Cl2N3O/c1-2-10(15)12-16-11(17-18-12)6-7-3-4-8(13)9(14)5-7/h3-5,10H,2,6,15H2,1H3/t10-/m1/s1. The smallest absolute Gasteiger partial charge is 0.243 e. The normalized spacial score (nSPS) is 12.7. The minimum atomic E-state index is -0.208. The zero-order valence-corrected chi connectivity index (χ0v) is 11.4. The molecule has 0 fully saturated rings. The quantitative estimate of drug-likeness (QED) is 0.935. The summed E-state index contributed by atoms with van der Waals surface area (Å²) in [6.45, 7) is 1.97. The van der Waals surface area contributed by atoms with E-state index in [2.05, 4.69) is 10.1 Å². The second kappa shape index (κ2) is 5.69. The summed E-state index contributed by atoms with van der Waals surface area (Å²) in [5, 5.41) is 4.94. The van der Waals surface area contributed by atoms with Gasteiger partial charge >= 0.3 is 0 Å². The number of halogens is 2. The first-order valence-electron chi connectivity index (χ1n) is 5.62. The van der Waals surface area contributed by atoms with E-state index in [1.165, 1.54) is 0 Å². The third-order valence-electron chi connectivity index (χ3n) is 2.59. The molecule has 18 heavy (non-hydrogen) atoms. The van der Waals surface area contributed by atoms with E-state index in [1.807, 2.05) is 13.0 Å². The zero-order chi connectivity index (χ0) is 13.1. The van der Waals surface area contributed by atoms with E-state index in [4.69, 9.17) is 33.5 Å². The summed E-state index contributed by atoms with van der Waals surface area (Å²) >= 11 is 11.8. The molecule has 0 aliphatic rings. The van der Waals surface area contributed by atoms with Gasteiger partial charge < -0.3 is 10.3 Å². The third kappa shape index (κ3) is 3.02. The molecular weight excluding hydrogens is 273 g/mol. The van der Waals surface area contributed by atoms with Gasteiger partial charge in [0, 0.05) is 6.42 Å². The number of nitrogens with zero attached hydrogens (tertiary/aromatic N) is 2. The van der Waals surface area contributed by atoms with Gasteiger partial charge in [-0.2, -0.15) is 4.98 Å². The minimum Gasteiger partial charge on any atom is -0.338 e. The van der Waals surface area contributed by atoms with Crippen molar-refractivity contribution in [1.29, 1.82) is 0 Å². The summed E-state index contributed by atoms with van der Waals surface area (Å²) in [6, 6.07) is 5.21. The van der Waals surface area contributed by atoms with E-state index in [0.29, 0.717) is 28.2 Å². The number of benzene rings is 1. The van der Waals surface area contributed by atoms with Crippen molar-refractivity contribution in [1.82, 2.24) is 10.1 Å². The molecule has 1 atom stereocenters. The summed E-state index contributed by atoms with van der Waals surface area (Å²) in [7, 11) is 0. The number of aromatic nitrogens is 2. The van der Waals surface area contributed by atoms with E-state index in [9.17, 15) is 0 Å². The van der Waals surface area contributed by atoms with Crippen molar-refractivity contribution >= 4 is 23.2 Å². The van der Waals surface area contributed by atoms with E-state index in [-0.39, 0.29) is 6.04 Å². The largest absolute Gasteiger partial charge is 0.338 e. The molecule has 0 amide bonds. The lowest BCUT2D eigenvalue weighted by Gasteiger charge is -2.00.